The highest BCUT2D eigenvalue weighted by Crippen LogP contribution is 2.21. The molecule has 132 valence electrons. The standard InChI is InChI=1S/C14H18N2O7S/c1-14(2,3)23-12(17)7-15-13(18)10-5-4-9(8-24(21)22)6-11(10)16(19)20/h4-6,24H,7-8H2,1-3H3,(H,15,18). The lowest BCUT2D eigenvalue weighted by Gasteiger charge is -2.19. The minimum Gasteiger partial charge on any atom is -0.459 e. The number of ether oxygens (including phenoxy) is 1. The van der Waals surface area contributed by atoms with Gasteiger partial charge in [0.15, 0.2) is 0 Å². The SMILES string of the molecule is CC(C)(C)OC(=O)CNC(=O)c1ccc(C[SH](=O)=O)cc1[N+](=O)[O-]. The second kappa shape index (κ2) is 7.86. The maximum atomic E-state index is 12.0. The van der Waals surface area contributed by atoms with Crippen molar-refractivity contribution in [3.8, 4) is 0 Å². The zero-order chi connectivity index (χ0) is 18.5. The minimum atomic E-state index is -2.75. The molecule has 0 aromatic heterocycles. The molecule has 0 radical (unpaired) electrons. The van der Waals surface area contributed by atoms with Crippen LogP contribution in [0.25, 0.3) is 0 Å². The van der Waals surface area contributed by atoms with Crippen LogP contribution in [0.3, 0.4) is 0 Å². The van der Waals surface area contributed by atoms with Crippen LogP contribution in [-0.2, 0) is 26.0 Å². The Labute approximate surface area is 140 Å². The third-order valence-electron chi connectivity index (χ3n) is 2.63. The smallest absolute Gasteiger partial charge is 0.325 e. The average Bonchev–Trinajstić information content (AvgIpc) is 2.42. The Bertz CT molecular complexity index is 727. The number of thiol groups is 1. The lowest BCUT2D eigenvalue weighted by atomic mass is 10.1. The summed E-state index contributed by atoms with van der Waals surface area (Å²) >= 11 is 0. The van der Waals surface area contributed by atoms with Gasteiger partial charge in [0.25, 0.3) is 11.6 Å². The first-order valence-corrected chi connectivity index (χ1v) is 8.25. The monoisotopic (exact) mass is 358 g/mol. The molecule has 1 N–H and O–H groups in total. The van der Waals surface area contributed by atoms with E-state index in [4.69, 9.17) is 4.74 Å². The second-order valence-electron chi connectivity index (χ2n) is 5.87. The van der Waals surface area contributed by atoms with Gasteiger partial charge in [-0.25, -0.2) is 8.42 Å². The largest absolute Gasteiger partial charge is 0.459 e. The number of rotatable bonds is 6. The fraction of sp³-hybridized carbons (Fsp3) is 0.429. The lowest BCUT2D eigenvalue weighted by molar-refractivity contribution is -0.385. The molecular weight excluding hydrogens is 340 g/mol. The summed E-state index contributed by atoms with van der Waals surface area (Å²) in [5.41, 5.74) is -1.33. The van der Waals surface area contributed by atoms with Crippen LogP contribution in [0.5, 0.6) is 0 Å². The molecule has 10 heteroatoms. The van der Waals surface area contributed by atoms with Gasteiger partial charge < -0.3 is 10.1 Å². The third-order valence-corrected chi connectivity index (χ3v) is 3.25. The van der Waals surface area contributed by atoms with Crippen molar-refractivity contribution < 1.29 is 27.7 Å². The Morgan fingerprint density at radius 2 is 1.92 bits per heavy atom. The molecule has 24 heavy (non-hydrogen) atoms. The Hall–Kier alpha value is -2.49. The highest BCUT2D eigenvalue weighted by Gasteiger charge is 2.22. The van der Waals surface area contributed by atoms with Crippen molar-refractivity contribution in [1.82, 2.24) is 5.32 Å². The van der Waals surface area contributed by atoms with E-state index in [1.54, 1.807) is 20.8 Å². The van der Waals surface area contributed by atoms with E-state index in [1.807, 2.05) is 0 Å². The van der Waals surface area contributed by atoms with Crippen LogP contribution in [0.1, 0.15) is 36.7 Å². The van der Waals surface area contributed by atoms with Crippen LogP contribution in [0.4, 0.5) is 5.69 Å². The molecule has 0 heterocycles. The first-order valence-electron chi connectivity index (χ1n) is 6.89. The van der Waals surface area contributed by atoms with Crippen molar-refractivity contribution in [1.29, 1.82) is 0 Å². The summed E-state index contributed by atoms with van der Waals surface area (Å²) in [6, 6.07) is 3.48. The molecule has 0 saturated heterocycles. The molecule has 1 aromatic carbocycles. The van der Waals surface area contributed by atoms with E-state index in [2.05, 4.69) is 5.32 Å². The van der Waals surface area contributed by atoms with Gasteiger partial charge in [0, 0.05) is 6.07 Å². The van der Waals surface area contributed by atoms with Crippen molar-refractivity contribution >= 4 is 28.3 Å². The highest BCUT2D eigenvalue weighted by atomic mass is 32.2. The summed E-state index contributed by atoms with van der Waals surface area (Å²) in [4.78, 5) is 33.9. The molecule has 0 aliphatic carbocycles. The molecule has 0 saturated carbocycles. The number of carbonyl (C=O) groups is 2. The molecule has 1 amide bonds. The van der Waals surface area contributed by atoms with Crippen LogP contribution in [-0.4, -0.2) is 37.4 Å². The molecular formula is C14H18N2O7S. The maximum Gasteiger partial charge on any atom is 0.325 e. The number of nitrogens with zero attached hydrogens (tertiary/aromatic N) is 1. The summed E-state index contributed by atoms with van der Waals surface area (Å²) in [5, 5.41) is 13.3. The molecule has 0 fully saturated rings. The summed E-state index contributed by atoms with van der Waals surface area (Å²) < 4.78 is 26.4. The minimum absolute atomic E-state index is 0.196. The van der Waals surface area contributed by atoms with E-state index in [1.165, 1.54) is 6.07 Å². The van der Waals surface area contributed by atoms with Gasteiger partial charge >= 0.3 is 5.97 Å². The topological polar surface area (TPSA) is 133 Å². The van der Waals surface area contributed by atoms with Crippen LogP contribution in [0.2, 0.25) is 0 Å². The number of nitrogens with one attached hydrogen (secondary N) is 1. The van der Waals surface area contributed by atoms with Crippen LogP contribution in [0, 0.1) is 10.1 Å². The Morgan fingerprint density at radius 1 is 1.29 bits per heavy atom. The Morgan fingerprint density at radius 3 is 2.42 bits per heavy atom. The molecule has 0 bridgehead atoms. The van der Waals surface area contributed by atoms with E-state index in [0.29, 0.717) is 0 Å². The fourth-order valence-corrected chi connectivity index (χ4v) is 2.29. The molecule has 0 aliphatic rings. The van der Waals surface area contributed by atoms with Crippen molar-refractivity contribution in [3.05, 3.63) is 39.4 Å². The Kier molecular flexibility index (Phi) is 6.41. The van der Waals surface area contributed by atoms with E-state index >= 15 is 0 Å². The van der Waals surface area contributed by atoms with Gasteiger partial charge in [0.2, 0.25) is 0 Å². The quantitative estimate of drug-likeness (QED) is 0.332. The first-order chi connectivity index (χ1) is 11.0. The zero-order valence-corrected chi connectivity index (χ0v) is 14.3. The number of esters is 1. The number of benzene rings is 1. The summed E-state index contributed by atoms with van der Waals surface area (Å²) in [6.45, 7) is 4.55. The predicted molar refractivity (Wildman–Crippen MR) is 85.3 cm³/mol. The van der Waals surface area contributed by atoms with E-state index in [9.17, 15) is 28.1 Å². The third kappa shape index (κ3) is 6.32. The van der Waals surface area contributed by atoms with Gasteiger partial charge in [-0.2, -0.15) is 0 Å². The molecule has 0 spiro atoms. The number of hydrogen-bond acceptors (Lipinski definition) is 7. The molecule has 9 nitrogen and oxygen atoms in total. The zero-order valence-electron chi connectivity index (χ0n) is 13.4. The van der Waals surface area contributed by atoms with Crippen LogP contribution >= 0.6 is 0 Å². The molecule has 1 rings (SSSR count). The van der Waals surface area contributed by atoms with Gasteiger partial charge in [-0.3, -0.25) is 19.7 Å². The second-order valence-corrected chi connectivity index (χ2v) is 6.85. The van der Waals surface area contributed by atoms with Gasteiger partial charge in [0.05, 0.1) is 10.7 Å². The van der Waals surface area contributed by atoms with Crippen molar-refractivity contribution in [2.45, 2.75) is 32.1 Å². The van der Waals surface area contributed by atoms with Crippen molar-refractivity contribution in [2.75, 3.05) is 6.54 Å². The summed E-state index contributed by atoms with van der Waals surface area (Å²) in [7, 11) is -2.75. The molecule has 0 aliphatic heterocycles. The van der Waals surface area contributed by atoms with Gasteiger partial charge in [0.1, 0.15) is 28.4 Å². The van der Waals surface area contributed by atoms with Gasteiger partial charge in [-0.15, -0.1) is 0 Å². The van der Waals surface area contributed by atoms with E-state index in [0.717, 1.165) is 12.1 Å². The molecule has 0 unspecified atom stereocenters. The number of amides is 1. The number of carbonyl (C=O) groups excluding carboxylic acids is 2. The van der Waals surface area contributed by atoms with E-state index < -0.39 is 45.3 Å². The number of hydrogen-bond donors (Lipinski definition) is 2. The van der Waals surface area contributed by atoms with Gasteiger partial charge in [-0.1, -0.05) is 6.07 Å². The highest BCUT2D eigenvalue weighted by molar-refractivity contribution is 7.71. The Balaban J connectivity index is 2.90. The first kappa shape index (κ1) is 19.6. The lowest BCUT2D eigenvalue weighted by Crippen LogP contribution is -2.34. The normalized spacial score (nSPS) is 11.2. The summed E-state index contributed by atoms with van der Waals surface area (Å²) in [5.74, 6) is -1.88. The average molecular weight is 358 g/mol. The van der Waals surface area contributed by atoms with Crippen molar-refractivity contribution in [2.24, 2.45) is 0 Å². The molecule has 1 aromatic rings. The van der Waals surface area contributed by atoms with Crippen LogP contribution < -0.4 is 5.32 Å². The fourth-order valence-electron chi connectivity index (χ4n) is 1.79. The van der Waals surface area contributed by atoms with Crippen LogP contribution in [0.15, 0.2) is 18.2 Å². The van der Waals surface area contributed by atoms with E-state index in [-0.39, 0.29) is 16.9 Å². The number of nitro groups is 1. The van der Waals surface area contributed by atoms with Gasteiger partial charge in [-0.05, 0) is 32.4 Å². The number of nitro benzene ring substituents is 1. The maximum absolute atomic E-state index is 12.0. The van der Waals surface area contributed by atoms with Crippen molar-refractivity contribution in [3.63, 3.8) is 0 Å². The summed E-state index contributed by atoms with van der Waals surface area (Å²) in [6.07, 6.45) is 0. The predicted octanol–water partition coefficient (Wildman–Crippen LogP) is 0.778. The molecule has 0 atom stereocenters.